The molecule has 1 aliphatic rings. The van der Waals surface area contributed by atoms with Crippen LogP contribution >= 0.6 is 0 Å². The number of fused-ring (bicyclic) bond motifs is 1. The van der Waals surface area contributed by atoms with Crippen LogP contribution in [0.15, 0.2) is 72.9 Å². The lowest BCUT2D eigenvalue weighted by molar-refractivity contribution is -0.128. The summed E-state index contributed by atoms with van der Waals surface area (Å²) < 4.78 is 31.9. The van der Waals surface area contributed by atoms with Crippen LogP contribution in [0.25, 0.3) is 10.9 Å². The van der Waals surface area contributed by atoms with Crippen molar-refractivity contribution in [3.05, 3.63) is 84.3 Å². The monoisotopic (exact) mass is 572 g/mol. The van der Waals surface area contributed by atoms with Crippen LogP contribution in [-0.2, 0) is 11.2 Å². The van der Waals surface area contributed by atoms with Crippen molar-refractivity contribution in [1.82, 2.24) is 14.8 Å². The van der Waals surface area contributed by atoms with E-state index in [0.29, 0.717) is 53.3 Å². The van der Waals surface area contributed by atoms with Gasteiger partial charge in [0.1, 0.15) is 5.75 Å². The largest absolute Gasteiger partial charge is 0.493 e. The lowest BCUT2D eigenvalue weighted by atomic mass is 10.0. The highest BCUT2D eigenvalue weighted by Gasteiger charge is 2.36. The Bertz CT molecular complexity index is 1600. The minimum atomic E-state index is -0.632. The lowest BCUT2D eigenvalue weighted by Crippen LogP contribution is -2.57. The molecule has 0 bridgehead atoms. The first kappa shape index (κ1) is 28.8. The van der Waals surface area contributed by atoms with E-state index in [0.717, 1.165) is 5.69 Å². The van der Waals surface area contributed by atoms with Crippen LogP contribution in [0.1, 0.15) is 5.56 Å². The number of pyridine rings is 1. The topological polar surface area (TPSA) is 84.4 Å². The Morgan fingerprint density at radius 1 is 0.952 bits per heavy atom. The fourth-order valence-electron chi connectivity index (χ4n) is 5.20. The zero-order chi connectivity index (χ0) is 29.8. The van der Waals surface area contributed by atoms with Gasteiger partial charge in [0.2, 0.25) is 5.91 Å². The molecule has 1 unspecified atom stereocenters. The van der Waals surface area contributed by atoms with Gasteiger partial charge < -0.3 is 19.1 Å². The molecule has 1 fully saturated rings. The van der Waals surface area contributed by atoms with Crippen molar-refractivity contribution in [3.8, 4) is 23.0 Å². The number of aromatic nitrogens is 1. The van der Waals surface area contributed by atoms with Gasteiger partial charge in [-0.15, -0.1) is 0 Å². The van der Waals surface area contributed by atoms with Crippen LogP contribution in [0.5, 0.6) is 23.0 Å². The predicted molar refractivity (Wildman–Crippen MR) is 158 cm³/mol. The van der Waals surface area contributed by atoms with Gasteiger partial charge in [0.05, 0.1) is 26.2 Å². The van der Waals surface area contributed by atoms with Crippen LogP contribution in [-0.4, -0.2) is 74.7 Å². The van der Waals surface area contributed by atoms with E-state index in [-0.39, 0.29) is 24.1 Å². The number of carbonyl (C=O) groups excluding carboxylic acids is 2. The number of halogens is 1. The van der Waals surface area contributed by atoms with Crippen LogP contribution in [0.2, 0.25) is 0 Å². The Kier molecular flexibility index (Phi) is 8.53. The third-order valence-electron chi connectivity index (χ3n) is 7.11. The smallest absolute Gasteiger partial charge is 0.331 e. The van der Waals surface area contributed by atoms with Crippen LogP contribution < -0.4 is 19.1 Å². The van der Waals surface area contributed by atoms with Crippen molar-refractivity contribution in [2.45, 2.75) is 6.42 Å². The number of para-hydroxylation sites is 1. The summed E-state index contributed by atoms with van der Waals surface area (Å²) in [6.07, 6.45) is 1.43. The Morgan fingerprint density at radius 2 is 1.69 bits per heavy atom. The van der Waals surface area contributed by atoms with E-state index in [1.165, 1.54) is 31.3 Å². The molecular formula is C32H33FN4O5. The van der Waals surface area contributed by atoms with E-state index in [2.05, 4.69) is 4.98 Å². The van der Waals surface area contributed by atoms with Crippen molar-refractivity contribution in [1.29, 1.82) is 0 Å². The molecule has 218 valence electrons. The van der Waals surface area contributed by atoms with Gasteiger partial charge in [-0.25, -0.2) is 9.18 Å². The standard InChI is InChI=1S/C32H33FN4O5/c1-35(2)18-22-19-36(23-8-6-5-7-9-23)32(39)37(20-22)31(38)15-21-10-11-28(25(33)14-21)42-27-12-13-34-26-17-30(41-4)29(40-3)16-24(26)27/h5-14,16-17,22H,15,18-20H2,1-4H3. The van der Waals surface area contributed by atoms with Gasteiger partial charge in [-0.2, -0.15) is 0 Å². The molecule has 0 aliphatic carbocycles. The average molecular weight is 573 g/mol. The number of anilines is 1. The Hall–Kier alpha value is -4.70. The molecule has 5 rings (SSSR count). The lowest BCUT2D eigenvalue weighted by Gasteiger charge is -2.40. The minimum absolute atomic E-state index is 0.0103. The predicted octanol–water partition coefficient (Wildman–Crippen LogP) is 5.37. The summed E-state index contributed by atoms with van der Waals surface area (Å²) >= 11 is 0. The number of benzene rings is 3. The van der Waals surface area contributed by atoms with Gasteiger partial charge in [-0.3, -0.25) is 19.6 Å². The Morgan fingerprint density at radius 3 is 2.38 bits per heavy atom. The molecule has 2 heterocycles. The number of rotatable bonds is 9. The molecule has 10 heteroatoms. The van der Waals surface area contributed by atoms with E-state index >= 15 is 4.39 Å². The SMILES string of the molecule is COc1cc2nccc(Oc3ccc(CC(=O)N4CC(CN(C)C)CN(c5ccccc5)C4=O)cc3F)c2cc1OC. The molecule has 0 saturated carbocycles. The molecule has 0 N–H and O–H groups in total. The van der Waals surface area contributed by atoms with Crippen LogP contribution in [0.4, 0.5) is 14.9 Å². The molecule has 42 heavy (non-hydrogen) atoms. The fourth-order valence-corrected chi connectivity index (χ4v) is 5.20. The highest BCUT2D eigenvalue weighted by molar-refractivity contribution is 6.04. The summed E-state index contributed by atoms with van der Waals surface area (Å²) in [5.74, 6) is 0.415. The number of nitrogens with zero attached hydrogens (tertiary/aromatic N) is 4. The number of hydrogen-bond donors (Lipinski definition) is 0. The second-order valence-electron chi connectivity index (χ2n) is 10.4. The Balaban J connectivity index is 1.35. The average Bonchev–Trinajstić information content (AvgIpc) is 2.98. The fraction of sp³-hybridized carbons (Fsp3) is 0.281. The third-order valence-corrected chi connectivity index (χ3v) is 7.11. The molecular weight excluding hydrogens is 539 g/mol. The number of carbonyl (C=O) groups is 2. The summed E-state index contributed by atoms with van der Waals surface area (Å²) in [6.45, 7) is 1.52. The van der Waals surface area contributed by atoms with Gasteiger partial charge in [0.25, 0.3) is 0 Å². The van der Waals surface area contributed by atoms with Crippen LogP contribution in [0.3, 0.4) is 0 Å². The molecule has 1 atom stereocenters. The summed E-state index contributed by atoms with van der Waals surface area (Å²) in [7, 11) is 6.99. The number of imide groups is 1. The minimum Gasteiger partial charge on any atom is -0.493 e. The molecule has 3 amide bonds. The number of hydrogen-bond acceptors (Lipinski definition) is 7. The van der Waals surface area contributed by atoms with E-state index in [1.807, 2.05) is 49.3 Å². The van der Waals surface area contributed by atoms with Crippen molar-refractivity contribution in [2.24, 2.45) is 5.92 Å². The number of ether oxygens (including phenoxy) is 3. The maximum Gasteiger partial charge on any atom is 0.331 e. The summed E-state index contributed by atoms with van der Waals surface area (Å²) in [5, 5.41) is 0.618. The van der Waals surface area contributed by atoms with E-state index in [4.69, 9.17) is 14.2 Å². The van der Waals surface area contributed by atoms with E-state index in [1.54, 1.807) is 35.4 Å². The first-order valence-electron chi connectivity index (χ1n) is 13.6. The number of methoxy groups -OCH3 is 2. The molecule has 9 nitrogen and oxygen atoms in total. The van der Waals surface area contributed by atoms with Crippen molar-refractivity contribution >= 4 is 28.5 Å². The molecule has 1 aromatic heterocycles. The Labute approximate surface area is 244 Å². The highest BCUT2D eigenvalue weighted by Crippen LogP contribution is 2.37. The maximum absolute atomic E-state index is 15.3. The molecule has 3 aromatic carbocycles. The van der Waals surface area contributed by atoms with Crippen LogP contribution in [0, 0.1) is 11.7 Å². The van der Waals surface area contributed by atoms with E-state index < -0.39 is 11.7 Å². The molecule has 4 aromatic rings. The molecule has 1 aliphatic heterocycles. The second-order valence-corrected chi connectivity index (χ2v) is 10.4. The van der Waals surface area contributed by atoms with Gasteiger partial charge in [-0.1, -0.05) is 24.3 Å². The summed E-state index contributed by atoms with van der Waals surface area (Å²) in [4.78, 5) is 36.1. The number of amides is 3. The zero-order valence-electron chi connectivity index (χ0n) is 24.0. The van der Waals surface area contributed by atoms with Crippen molar-refractivity contribution in [3.63, 3.8) is 0 Å². The molecule has 1 saturated heterocycles. The van der Waals surface area contributed by atoms with E-state index in [9.17, 15) is 9.59 Å². The quantitative estimate of drug-likeness (QED) is 0.267. The summed E-state index contributed by atoms with van der Waals surface area (Å²) in [6, 6.07) is 18.4. The van der Waals surface area contributed by atoms with Gasteiger partial charge in [0, 0.05) is 48.9 Å². The van der Waals surface area contributed by atoms with Crippen molar-refractivity contribution < 1.29 is 28.2 Å². The van der Waals surface area contributed by atoms with Crippen molar-refractivity contribution in [2.75, 3.05) is 52.8 Å². The second kappa shape index (κ2) is 12.4. The van der Waals surface area contributed by atoms with Gasteiger partial charge >= 0.3 is 6.03 Å². The maximum atomic E-state index is 15.3. The third kappa shape index (κ3) is 6.13. The molecule has 0 radical (unpaired) electrons. The highest BCUT2D eigenvalue weighted by atomic mass is 19.1. The molecule has 0 spiro atoms. The summed E-state index contributed by atoms with van der Waals surface area (Å²) in [5.41, 5.74) is 1.76. The zero-order valence-corrected chi connectivity index (χ0v) is 24.0. The first-order valence-corrected chi connectivity index (χ1v) is 13.6. The number of urea groups is 1. The normalized spacial score (nSPS) is 15.3. The first-order chi connectivity index (χ1) is 20.3. The van der Waals surface area contributed by atoms with Gasteiger partial charge in [-0.05, 0) is 56.1 Å². The van der Waals surface area contributed by atoms with Gasteiger partial charge in [0.15, 0.2) is 23.1 Å².